The molecule has 0 aromatic heterocycles. The van der Waals surface area contributed by atoms with Crippen LogP contribution in [0.3, 0.4) is 0 Å². The summed E-state index contributed by atoms with van der Waals surface area (Å²) in [6.07, 6.45) is 1.56. The number of hydrogen-bond acceptors (Lipinski definition) is 6. The Balaban J connectivity index is 2.60. The number of nitrogens with one attached hydrogen (secondary N) is 1. The number of ether oxygens (including phenoxy) is 3. The summed E-state index contributed by atoms with van der Waals surface area (Å²) in [4.78, 5) is 41.0. The average Bonchev–Trinajstić information content (AvgIpc) is 2.84. The van der Waals surface area contributed by atoms with Gasteiger partial charge in [0.2, 0.25) is 11.7 Å². The lowest BCUT2D eigenvalue weighted by molar-refractivity contribution is -0.137. The Bertz CT molecular complexity index is 1030. The van der Waals surface area contributed by atoms with Gasteiger partial charge in [0, 0.05) is 41.2 Å². The molecule has 0 saturated heterocycles. The van der Waals surface area contributed by atoms with Crippen molar-refractivity contribution in [2.75, 3.05) is 27.9 Å². The quantitative estimate of drug-likeness (QED) is 0.249. The highest BCUT2D eigenvalue weighted by Crippen LogP contribution is 2.39. The third kappa shape index (κ3) is 6.80. The summed E-state index contributed by atoms with van der Waals surface area (Å²) >= 11 is 12.6. The number of halogens is 2. The molecule has 1 unspecified atom stereocenters. The third-order valence-electron chi connectivity index (χ3n) is 5.38. The monoisotopic (exact) mass is 524 g/mol. The molecular formula is C25H30Cl2N2O6. The van der Waals surface area contributed by atoms with Crippen LogP contribution in [0.5, 0.6) is 17.2 Å². The van der Waals surface area contributed by atoms with Crippen LogP contribution in [0.15, 0.2) is 30.3 Å². The van der Waals surface area contributed by atoms with Crippen molar-refractivity contribution in [1.29, 1.82) is 0 Å². The molecule has 0 aliphatic heterocycles. The molecule has 190 valence electrons. The molecule has 1 N–H and O–H groups in total. The molecule has 10 heteroatoms. The fourth-order valence-electron chi connectivity index (χ4n) is 3.51. The number of benzene rings is 2. The van der Waals surface area contributed by atoms with Crippen molar-refractivity contribution in [3.63, 3.8) is 0 Å². The van der Waals surface area contributed by atoms with Crippen LogP contribution in [-0.2, 0) is 16.1 Å². The molecular weight excluding hydrogens is 495 g/mol. The van der Waals surface area contributed by atoms with Gasteiger partial charge in [-0.25, -0.2) is 0 Å². The van der Waals surface area contributed by atoms with Crippen molar-refractivity contribution in [2.24, 2.45) is 0 Å². The standard InChI is InChI=1S/C25H30Cl2N2O6/c1-6-7-11-28-25(32)22(29(15(2)30)14-17-18(26)9-8-10-19(17)27)23(31)16-12-20(33-3)24(35-5)21(13-16)34-4/h8-10,12-13,22H,6-7,11,14H2,1-5H3,(H,28,32). The van der Waals surface area contributed by atoms with E-state index in [-0.39, 0.29) is 23.6 Å². The number of rotatable bonds is 12. The van der Waals surface area contributed by atoms with E-state index < -0.39 is 23.6 Å². The van der Waals surface area contributed by atoms with E-state index in [0.29, 0.717) is 34.3 Å². The lowest BCUT2D eigenvalue weighted by Crippen LogP contribution is -2.53. The zero-order chi connectivity index (χ0) is 26.1. The van der Waals surface area contributed by atoms with Crippen molar-refractivity contribution in [2.45, 2.75) is 39.3 Å². The Morgan fingerprint density at radius 2 is 1.57 bits per heavy atom. The first-order valence-electron chi connectivity index (χ1n) is 11.0. The van der Waals surface area contributed by atoms with Crippen LogP contribution >= 0.6 is 23.2 Å². The molecule has 2 aromatic carbocycles. The molecule has 2 amide bonds. The van der Waals surface area contributed by atoms with Gasteiger partial charge in [0.15, 0.2) is 23.3 Å². The Morgan fingerprint density at radius 3 is 2.03 bits per heavy atom. The molecule has 8 nitrogen and oxygen atoms in total. The summed E-state index contributed by atoms with van der Waals surface area (Å²) in [6.45, 7) is 3.47. The highest BCUT2D eigenvalue weighted by molar-refractivity contribution is 6.36. The highest BCUT2D eigenvalue weighted by atomic mass is 35.5. The van der Waals surface area contributed by atoms with E-state index in [2.05, 4.69) is 5.32 Å². The van der Waals surface area contributed by atoms with Gasteiger partial charge in [-0.2, -0.15) is 0 Å². The summed E-state index contributed by atoms with van der Waals surface area (Å²) in [5, 5.41) is 3.39. The van der Waals surface area contributed by atoms with Crippen LogP contribution < -0.4 is 19.5 Å². The van der Waals surface area contributed by atoms with Crippen molar-refractivity contribution in [1.82, 2.24) is 10.2 Å². The Labute approximate surface area is 215 Å². The summed E-state index contributed by atoms with van der Waals surface area (Å²) in [6, 6.07) is 6.31. The highest BCUT2D eigenvalue weighted by Gasteiger charge is 2.36. The van der Waals surface area contributed by atoms with Crippen LogP contribution in [0.4, 0.5) is 0 Å². The molecule has 2 aromatic rings. The maximum Gasteiger partial charge on any atom is 0.250 e. The Kier molecular flexibility index (Phi) is 10.7. The number of nitrogens with zero attached hydrogens (tertiary/aromatic N) is 1. The minimum Gasteiger partial charge on any atom is -0.493 e. The number of unbranched alkanes of at least 4 members (excludes halogenated alkanes) is 1. The van der Waals surface area contributed by atoms with Crippen molar-refractivity contribution in [3.05, 3.63) is 51.5 Å². The van der Waals surface area contributed by atoms with Crippen LogP contribution in [-0.4, -0.2) is 56.4 Å². The van der Waals surface area contributed by atoms with E-state index >= 15 is 0 Å². The second kappa shape index (κ2) is 13.2. The number of Topliss-reactive ketones (excluding diaryl/α,β-unsaturated/α-hetero) is 1. The zero-order valence-corrected chi connectivity index (χ0v) is 22.0. The van der Waals surface area contributed by atoms with Crippen molar-refractivity contribution < 1.29 is 28.6 Å². The Morgan fingerprint density at radius 1 is 1.00 bits per heavy atom. The van der Waals surface area contributed by atoms with Crippen LogP contribution in [0.25, 0.3) is 0 Å². The van der Waals surface area contributed by atoms with E-state index in [1.54, 1.807) is 18.2 Å². The van der Waals surface area contributed by atoms with Gasteiger partial charge in [-0.05, 0) is 30.7 Å². The largest absolute Gasteiger partial charge is 0.493 e. The van der Waals surface area contributed by atoms with Gasteiger partial charge in [-0.15, -0.1) is 0 Å². The fraction of sp³-hybridized carbons (Fsp3) is 0.400. The molecule has 2 rings (SSSR count). The maximum atomic E-state index is 13.8. The first-order chi connectivity index (χ1) is 16.7. The van der Waals surface area contributed by atoms with Gasteiger partial charge >= 0.3 is 0 Å². The van der Waals surface area contributed by atoms with Crippen LogP contribution in [0.2, 0.25) is 10.0 Å². The molecule has 0 radical (unpaired) electrons. The molecule has 0 aliphatic rings. The predicted octanol–water partition coefficient (Wildman–Crippen LogP) is 4.54. The molecule has 0 saturated carbocycles. The van der Waals surface area contributed by atoms with E-state index in [1.165, 1.54) is 40.4 Å². The SMILES string of the molecule is CCCCNC(=O)C(C(=O)c1cc(OC)c(OC)c(OC)c1)N(Cc1c(Cl)cccc1Cl)C(C)=O. The lowest BCUT2D eigenvalue weighted by atomic mass is 9.99. The number of methoxy groups -OCH3 is 3. The average molecular weight is 525 g/mol. The summed E-state index contributed by atoms with van der Waals surface area (Å²) < 4.78 is 16.0. The summed E-state index contributed by atoms with van der Waals surface area (Å²) in [5.74, 6) is -0.973. The molecule has 1 atom stereocenters. The normalized spacial score (nSPS) is 11.4. The van der Waals surface area contributed by atoms with E-state index in [0.717, 1.165) is 11.3 Å². The minimum absolute atomic E-state index is 0.103. The lowest BCUT2D eigenvalue weighted by Gasteiger charge is -2.30. The van der Waals surface area contributed by atoms with E-state index in [9.17, 15) is 14.4 Å². The zero-order valence-electron chi connectivity index (χ0n) is 20.4. The van der Waals surface area contributed by atoms with Gasteiger partial charge in [0.25, 0.3) is 5.91 Å². The van der Waals surface area contributed by atoms with Crippen LogP contribution in [0.1, 0.15) is 42.6 Å². The second-order valence-electron chi connectivity index (χ2n) is 7.67. The van der Waals surface area contributed by atoms with Gasteiger partial charge in [0.1, 0.15) is 0 Å². The van der Waals surface area contributed by atoms with Gasteiger partial charge < -0.3 is 24.4 Å². The number of hydrogen-bond donors (Lipinski definition) is 1. The third-order valence-corrected chi connectivity index (χ3v) is 6.09. The number of carbonyl (C=O) groups excluding carboxylic acids is 3. The fourth-order valence-corrected chi connectivity index (χ4v) is 4.02. The van der Waals surface area contributed by atoms with E-state index in [4.69, 9.17) is 37.4 Å². The number of carbonyl (C=O) groups is 3. The van der Waals surface area contributed by atoms with Crippen molar-refractivity contribution in [3.8, 4) is 17.2 Å². The Hall–Kier alpha value is -2.97. The molecule has 0 fully saturated rings. The molecule has 0 aliphatic carbocycles. The van der Waals surface area contributed by atoms with Gasteiger partial charge in [0.05, 0.1) is 21.3 Å². The first kappa shape index (κ1) is 28.3. The van der Waals surface area contributed by atoms with Gasteiger partial charge in [-0.1, -0.05) is 42.6 Å². The summed E-state index contributed by atoms with van der Waals surface area (Å²) in [5.41, 5.74) is 0.529. The minimum atomic E-state index is -1.49. The van der Waals surface area contributed by atoms with E-state index in [1.807, 2.05) is 6.92 Å². The molecule has 0 heterocycles. The van der Waals surface area contributed by atoms with Gasteiger partial charge in [-0.3, -0.25) is 14.4 Å². The smallest absolute Gasteiger partial charge is 0.250 e. The first-order valence-corrected chi connectivity index (χ1v) is 11.8. The molecule has 35 heavy (non-hydrogen) atoms. The molecule has 0 bridgehead atoms. The number of amides is 2. The topological polar surface area (TPSA) is 94.2 Å². The second-order valence-corrected chi connectivity index (χ2v) is 8.49. The summed E-state index contributed by atoms with van der Waals surface area (Å²) in [7, 11) is 4.28. The van der Waals surface area contributed by atoms with Crippen molar-refractivity contribution >= 4 is 40.8 Å². The van der Waals surface area contributed by atoms with Crippen LogP contribution in [0, 0.1) is 0 Å². The maximum absolute atomic E-state index is 13.8. The predicted molar refractivity (Wildman–Crippen MR) is 135 cm³/mol. The number of ketones is 1. The molecule has 0 spiro atoms.